The van der Waals surface area contributed by atoms with Gasteiger partial charge in [0, 0.05) is 33.1 Å². The molecule has 24 heavy (non-hydrogen) atoms. The summed E-state index contributed by atoms with van der Waals surface area (Å²) < 4.78 is 0. The molecule has 3 nitrogen and oxygen atoms in total. The fourth-order valence-corrected chi connectivity index (χ4v) is 4.87. The maximum atomic E-state index is 13.3. The first-order chi connectivity index (χ1) is 11.7. The predicted octanol–water partition coefficient (Wildman–Crippen LogP) is 4.95. The molecule has 1 aliphatic rings. The summed E-state index contributed by atoms with van der Waals surface area (Å²) in [6.07, 6.45) is 2.30. The van der Waals surface area contributed by atoms with Crippen molar-refractivity contribution in [2.24, 2.45) is 0 Å². The lowest BCUT2D eigenvalue weighted by Crippen LogP contribution is -2.38. The SMILES string of the molecule is Cc1[nH]c2ccccc2c1C(=O)[C@H](C)N1CCC[C@@H]1c1cccs1. The fourth-order valence-electron chi connectivity index (χ4n) is 3.99. The van der Waals surface area contributed by atoms with Crippen LogP contribution in [0, 0.1) is 6.92 Å². The van der Waals surface area contributed by atoms with E-state index in [1.165, 1.54) is 4.88 Å². The van der Waals surface area contributed by atoms with Crippen LogP contribution in [0.3, 0.4) is 0 Å². The van der Waals surface area contributed by atoms with E-state index >= 15 is 0 Å². The number of fused-ring (bicyclic) bond motifs is 1. The number of benzene rings is 1. The van der Waals surface area contributed by atoms with Crippen LogP contribution in [0.15, 0.2) is 41.8 Å². The van der Waals surface area contributed by atoms with Crippen molar-refractivity contribution < 1.29 is 4.79 Å². The Morgan fingerprint density at radius 2 is 2.12 bits per heavy atom. The van der Waals surface area contributed by atoms with E-state index in [1.54, 1.807) is 11.3 Å². The molecule has 0 aliphatic carbocycles. The number of ketones is 1. The third-order valence-electron chi connectivity index (χ3n) is 5.18. The third-order valence-corrected chi connectivity index (χ3v) is 6.16. The van der Waals surface area contributed by atoms with Crippen molar-refractivity contribution in [1.82, 2.24) is 9.88 Å². The Balaban J connectivity index is 1.67. The van der Waals surface area contributed by atoms with Crippen molar-refractivity contribution in [3.05, 3.63) is 57.9 Å². The minimum atomic E-state index is -0.0995. The summed E-state index contributed by atoms with van der Waals surface area (Å²) in [6, 6.07) is 12.7. The Kier molecular flexibility index (Phi) is 4.02. The maximum absolute atomic E-state index is 13.3. The van der Waals surface area contributed by atoms with Gasteiger partial charge in [0.15, 0.2) is 5.78 Å². The number of para-hydroxylation sites is 1. The van der Waals surface area contributed by atoms with Crippen LogP contribution in [-0.2, 0) is 0 Å². The molecule has 4 rings (SSSR count). The maximum Gasteiger partial charge on any atom is 0.182 e. The molecule has 3 aromatic rings. The molecule has 1 saturated heterocycles. The third kappa shape index (κ3) is 2.50. The van der Waals surface area contributed by atoms with Gasteiger partial charge in [0.1, 0.15) is 0 Å². The number of thiophene rings is 1. The Hall–Kier alpha value is -1.91. The number of Topliss-reactive ketones (excluding diaryl/α,β-unsaturated/α-hetero) is 1. The molecule has 3 heterocycles. The first-order valence-corrected chi connectivity index (χ1v) is 9.45. The lowest BCUT2D eigenvalue weighted by molar-refractivity contribution is 0.0823. The van der Waals surface area contributed by atoms with Gasteiger partial charge in [-0.2, -0.15) is 0 Å². The van der Waals surface area contributed by atoms with Gasteiger partial charge in [-0.25, -0.2) is 0 Å². The van der Waals surface area contributed by atoms with E-state index in [4.69, 9.17) is 0 Å². The highest BCUT2D eigenvalue weighted by Crippen LogP contribution is 2.37. The highest BCUT2D eigenvalue weighted by molar-refractivity contribution is 7.10. The van der Waals surface area contributed by atoms with Crippen molar-refractivity contribution in [1.29, 1.82) is 0 Å². The van der Waals surface area contributed by atoms with E-state index in [2.05, 4.69) is 34.3 Å². The zero-order chi connectivity index (χ0) is 16.7. The van der Waals surface area contributed by atoms with Crippen LogP contribution in [0.25, 0.3) is 10.9 Å². The van der Waals surface area contributed by atoms with E-state index in [0.717, 1.165) is 41.5 Å². The van der Waals surface area contributed by atoms with Crippen LogP contribution in [0.1, 0.15) is 46.7 Å². The Bertz CT molecular complexity index is 865. The van der Waals surface area contributed by atoms with Crippen LogP contribution >= 0.6 is 11.3 Å². The van der Waals surface area contributed by atoms with Gasteiger partial charge < -0.3 is 4.98 Å². The smallest absolute Gasteiger partial charge is 0.182 e. The van der Waals surface area contributed by atoms with Gasteiger partial charge >= 0.3 is 0 Å². The fraction of sp³-hybridized carbons (Fsp3) is 0.350. The summed E-state index contributed by atoms with van der Waals surface area (Å²) >= 11 is 1.80. The van der Waals surface area contributed by atoms with Crippen LogP contribution in [0.2, 0.25) is 0 Å². The van der Waals surface area contributed by atoms with Crippen LogP contribution in [-0.4, -0.2) is 28.3 Å². The number of carbonyl (C=O) groups is 1. The summed E-state index contributed by atoms with van der Waals surface area (Å²) in [4.78, 5) is 20.4. The molecule has 0 saturated carbocycles. The zero-order valence-electron chi connectivity index (χ0n) is 14.1. The summed E-state index contributed by atoms with van der Waals surface area (Å²) in [6.45, 7) is 5.06. The number of likely N-dealkylation sites (tertiary alicyclic amines) is 1. The van der Waals surface area contributed by atoms with Crippen LogP contribution < -0.4 is 0 Å². The number of rotatable bonds is 4. The van der Waals surface area contributed by atoms with Crippen molar-refractivity contribution >= 4 is 28.0 Å². The predicted molar refractivity (Wildman–Crippen MR) is 99.8 cm³/mol. The minimum Gasteiger partial charge on any atom is -0.358 e. The van der Waals surface area contributed by atoms with Gasteiger partial charge in [-0.1, -0.05) is 24.3 Å². The second-order valence-electron chi connectivity index (χ2n) is 6.62. The second-order valence-corrected chi connectivity index (χ2v) is 7.60. The summed E-state index contributed by atoms with van der Waals surface area (Å²) in [7, 11) is 0. The monoisotopic (exact) mass is 338 g/mol. The summed E-state index contributed by atoms with van der Waals surface area (Å²) in [5, 5.41) is 3.17. The van der Waals surface area contributed by atoms with Gasteiger partial charge in [0.05, 0.1) is 6.04 Å². The van der Waals surface area contributed by atoms with Gasteiger partial charge in [-0.15, -0.1) is 11.3 Å². The van der Waals surface area contributed by atoms with Crippen molar-refractivity contribution in [3.63, 3.8) is 0 Å². The Morgan fingerprint density at radius 3 is 2.92 bits per heavy atom. The lowest BCUT2D eigenvalue weighted by atomic mass is 10.00. The number of aromatic amines is 1. The van der Waals surface area contributed by atoms with E-state index < -0.39 is 0 Å². The number of aromatic nitrogens is 1. The molecule has 1 fully saturated rings. The molecule has 2 atom stereocenters. The van der Waals surface area contributed by atoms with Gasteiger partial charge in [0.25, 0.3) is 0 Å². The van der Waals surface area contributed by atoms with Gasteiger partial charge in [-0.3, -0.25) is 9.69 Å². The summed E-state index contributed by atoms with van der Waals surface area (Å²) in [5.41, 5.74) is 2.87. The molecule has 0 amide bonds. The molecule has 4 heteroatoms. The van der Waals surface area contributed by atoms with Crippen molar-refractivity contribution in [2.75, 3.05) is 6.54 Å². The number of carbonyl (C=O) groups excluding carboxylic acids is 1. The number of hydrogen-bond acceptors (Lipinski definition) is 3. The Labute approximate surface area is 146 Å². The number of nitrogens with one attached hydrogen (secondary N) is 1. The largest absolute Gasteiger partial charge is 0.358 e. The number of nitrogens with zero attached hydrogens (tertiary/aromatic N) is 1. The molecule has 0 bridgehead atoms. The van der Waals surface area contributed by atoms with Crippen molar-refractivity contribution in [2.45, 2.75) is 38.8 Å². The molecule has 124 valence electrons. The number of H-pyrrole nitrogens is 1. The first-order valence-electron chi connectivity index (χ1n) is 8.57. The second kappa shape index (κ2) is 6.19. The normalized spacial score (nSPS) is 19.8. The average Bonchev–Trinajstić information content (AvgIpc) is 3.31. The lowest BCUT2D eigenvalue weighted by Gasteiger charge is -2.29. The molecule has 0 unspecified atom stereocenters. The van der Waals surface area contributed by atoms with E-state index in [-0.39, 0.29) is 11.8 Å². The van der Waals surface area contributed by atoms with Crippen LogP contribution in [0.5, 0.6) is 0 Å². The molecule has 1 N–H and O–H groups in total. The highest BCUT2D eigenvalue weighted by Gasteiger charge is 2.34. The Morgan fingerprint density at radius 1 is 1.29 bits per heavy atom. The first kappa shape index (κ1) is 15.6. The van der Waals surface area contributed by atoms with E-state index in [0.29, 0.717) is 6.04 Å². The standard InChI is InChI=1S/C20H22N2OS/c1-13-19(15-7-3-4-8-16(15)21-13)20(23)14(2)22-11-5-9-17(22)18-10-6-12-24-18/h3-4,6-8,10,12,14,17,21H,5,9,11H2,1-2H3/t14-,17+/m0/s1. The zero-order valence-corrected chi connectivity index (χ0v) is 14.9. The van der Waals surface area contributed by atoms with Gasteiger partial charge in [-0.05, 0) is 50.7 Å². The molecule has 1 aromatic carbocycles. The topological polar surface area (TPSA) is 36.1 Å². The number of aryl methyl sites for hydroxylation is 1. The van der Waals surface area contributed by atoms with E-state index in [1.807, 2.05) is 31.2 Å². The molecular formula is C20H22N2OS. The molecule has 0 radical (unpaired) electrons. The highest BCUT2D eigenvalue weighted by atomic mass is 32.1. The van der Waals surface area contributed by atoms with E-state index in [9.17, 15) is 4.79 Å². The quantitative estimate of drug-likeness (QED) is 0.684. The minimum absolute atomic E-state index is 0.0995. The number of hydrogen-bond donors (Lipinski definition) is 1. The molecule has 1 aliphatic heterocycles. The molecule has 2 aromatic heterocycles. The summed E-state index contributed by atoms with van der Waals surface area (Å²) in [5.74, 6) is 0.230. The molecular weight excluding hydrogens is 316 g/mol. The average molecular weight is 338 g/mol. The van der Waals surface area contributed by atoms with Gasteiger partial charge in [0.2, 0.25) is 0 Å². The van der Waals surface area contributed by atoms with Crippen LogP contribution in [0.4, 0.5) is 0 Å². The van der Waals surface area contributed by atoms with Crippen molar-refractivity contribution in [3.8, 4) is 0 Å². The molecule has 0 spiro atoms.